The summed E-state index contributed by atoms with van der Waals surface area (Å²) in [6.07, 6.45) is 6.80. The van der Waals surface area contributed by atoms with Gasteiger partial charge in [-0.25, -0.2) is 8.42 Å². The summed E-state index contributed by atoms with van der Waals surface area (Å²) in [6, 6.07) is 0.664. The van der Waals surface area contributed by atoms with Crippen LogP contribution in [0.4, 0.5) is 0 Å². The molecule has 0 bridgehead atoms. The number of rotatable bonds is 5. The van der Waals surface area contributed by atoms with Crippen LogP contribution in [0, 0.1) is 5.92 Å². The van der Waals surface area contributed by atoms with Gasteiger partial charge in [0.05, 0.1) is 5.25 Å². The molecule has 118 valence electrons. The van der Waals surface area contributed by atoms with Crippen LogP contribution in [-0.2, 0) is 9.84 Å². The molecule has 1 aliphatic heterocycles. The molecule has 0 aromatic carbocycles. The fourth-order valence-corrected chi connectivity index (χ4v) is 5.33. The van der Waals surface area contributed by atoms with Crippen LogP contribution in [0.3, 0.4) is 0 Å². The lowest BCUT2D eigenvalue weighted by Gasteiger charge is -2.39. The van der Waals surface area contributed by atoms with Crippen LogP contribution in [0.15, 0.2) is 0 Å². The van der Waals surface area contributed by atoms with Crippen molar-refractivity contribution >= 4 is 9.84 Å². The summed E-state index contributed by atoms with van der Waals surface area (Å²) in [7, 11) is -2.93. The van der Waals surface area contributed by atoms with Gasteiger partial charge >= 0.3 is 0 Å². The predicted octanol–water partition coefficient (Wildman–Crippen LogP) is 1.66. The van der Waals surface area contributed by atoms with E-state index in [1.54, 1.807) is 0 Å². The van der Waals surface area contributed by atoms with Crippen LogP contribution in [0.25, 0.3) is 0 Å². The molecule has 2 aliphatic rings. The molecular weight excluding hydrogens is 272 g/mol. The van der Waals surface area contributed by atoms with Crippen molar-refractivity contribution in [2.75, 3.05) is 25.9 Å². The van der Waals surface area contributed by atoms with Crippen molar-refractivity contribution in [1.29, 1.82) is 0 Å². The molecule has 0 aromatic heterocycles. The maximum atomic E-state index is 12.0. The number of hydrogen-bond donors (Lipinski definition) is 1. The van der Waals surface area contributed by atoms with Crippen molar-refractivity contribution in [2.45, 2.75) is 63.3 Å². The van der Waals surface area contributed by atoms with Crippen molar-refractivity contribution in [3.63, 3.8) is 0 Å². The Morgan fingerprint density at radius 3 is 2.35 bits per heavy atom. The van der Waals surface area contributed by atoms with Gasteiger partial charge in [0, 0.05) is 24.9 Å². The highest BCUT2D eigenvalue weighted by molar-refractivity contribution is 7.91. The Morgan fingerprint density at radius 1 is 1.15 bits per heavy atom. The number of hydrogen-bond acceptors (Lipinski definition) is 4. The molecule has 0 amide bonds. The molecule has 1 saturated carbocycles. The first-order valence-electron chi connectivity index (χ1n) is 8.05. The van der Waals surface area contributed by atoms with Crippen molar-refractivity contribution in [1.82, 2.24) is 10.2 Å². The van der Waals surface area contributed by atoms with E-state index in [1.807, 2.05) is 0 Å². The molecule has 1 saturated heterocycles. The monoisotopic (exact) mass is 302 g/mol. The second-order valence-corrected chi connectivity index (χ2v) is 9.11. The molecule has 2 unspecified atom stereocenters. The minimum absolute atomic E-state index is 0.147. The third-order valence-corrected chi connectivity index (χ3v) is 6.63. The van der Waals surface area contributed by atoms with Gasteiger partial charge in [-0.05, 0) is 58.5 Å². The van der Waals surface area contributed by atoms with E-state index < -0.39 is 9.84 Å². The molecule has 1 aliphatic carbocycles. The van der Waals surface area contributed by atoms with Gasteiger partial charge in [-0.15, -0.1) is 0 Å². The predicted molar refractivity (Wildman–Crippen MR) is 83.7 cm³/mol. The minimum Gasteiger partial charge on any atom is -0.317 e. The maximum absolute atomic E-state index is 12.0. The Balaban J connectivity index is 2.07. The number of nitrogens with one attached hydrogen (secondary N) is 1. The van der Waals surface area contributed by atoms with E-state index in [2.05, 4.69) is 24.1 Å². The first kappa shape index (κ1) is 16.2. The second-order valence-electron chi connectivity index (χ2n) is 6.85. The van der Waals surface area contributed by atoms with Crippen molar-refractivity contribution in [3.8, 4) is 0 Å². The second kappa shape index (κ2) is 6.75. The molecule has 2 fully saturated rings. The lowest BCUT2D eigenvalue weighted by molar-refractivity contribution is 0.119. The van der Waals surface area contributed by atoms with Gasteiger partial charge in [-0.1, -0.05) is 6.42 Å². The summed E-state index contributed by atoms with van der Waals surface area (Å²) >= 11 is 0. The van der Waals surface area contributed by atoms with Gasteiger partial charge in [0.1, 0.15) is 0 Å². The number of sulfone groups is 1. The Labute approximate surface area is 124 Å². The Hall–Kier alpha value is -0.130. The summed E-state index contributed by atoms with van der Waals surface area (Å²) in [5.74, 6) is 0.722. The third-order valence-electron chi connectivity index (χ3n) is 4.98. The summed E-state index contributed by atoms with van der Waals surface area (Å²) in [4.78, 5) is 2.48. The maximum Gasteiger partial charge on any atom is 0.151 e. The zero-order valence-corrected chi connectivity index (χ0v) is 14.0. The Bertz CT molecular complexity index is 402. The van der Waals surface area contributed by atoms with E-state index in [1.165, 1.54) is 19.1 Å². The average molecular weight is 302 g/mol. The lowest BCUT2D eigenvalue weighted by atomic mass is 9.96. The lowest BCUT2D eigenvalue weighted by Crippen LogP contribution is -2.49. The van der Waals surface area contributed by atoms with Crippen LogP contribution in [0.1, 0.15) is 46.0 Å². The van der Waals surface area contributed by atoms with Crippen LogP contribution in [0.2, 0.25) is 0 Å². The third kappa shape index (κ3) is 3.95. The minimum atomic E-state index is -2.93. The van der Waals surface area contributed by atoms with Gasteiger partial charge in [0.25, 0.3) is 0 Å². The first-order valence-corrected chi connectivity index (χ1v) is 10.0. The van der Waals surface area contributed by atoms with E-state index in [9.17, 15) is 8.42 Å². The van der Waals surface area contributed by atoms with E-state index in [-0.39, 0.29) is 11.3 Å². The zero-order valence-electron chi connectivity index (χ0n) is 13.1. The van der Waals surface area contributed by atoms with Gasteiger partial charge in [-0.3, -0.25) is 4.90 Å². The van der Waals surface area contributed by atoms with Gasteiger partial charge < -0.3 is 5.32 Å². The highest BCUT2D eigenvalue weighted by Gasteiger charge is 2.39. The summed E-state index contributed by atoms with van der Waals surface area (Å²) in [5, 5.41) is 3.26. The molecule has 2 atom stereocenters. The van der Waals surface area contributed by atoms with Crippen LogP contribution >= 0.6 is 0 Å². The van der Waals surface area contributed by atoms with Crippen LogP contribution in [-0.4, -0.2) is 56.5 Å². The van der Waals surface area contributed by atoms with Crippen LogP contribution < -0.4 is 5.32 Å². The van der Waals surface area contributed by atoms with E-state index in [4.69, 9.17) is 0 Å². The normalized spacial score (nSPS) is 29.4. The standard InChI is InChI=1S/C15H30N2O2S/c1-12(2)17(11-13-7-9-16-10-8-13)14-5-4-6-15(14)20(3,18)19/h12-16H,4-11H2,1-3H3. The molecule has 0 radical (unpaired) electrons. The van der Waals surface area contributed by atoms with Crippen molar-refractivity contribution in [2.24, 2.45) is 5.92 Å². The summed E-state index contributed by atoms with van der Waals surface area (Å²) < 4.78 is 24.1. The highest BCUT2D eigenvalue weighted by Crippen LogP contribution is 2.31. The summed E-state index contributed by atoms with van der Waals surface area (Å²) in [5.41, 5.74) is 0. The Morgan fingerprint density at radius 2 is 1.80 bits per heavy atom. The molecule has 1 N–H and O–H groups in total. The molecule has 2 rings (SSSR count). The highest BCUT2D eigenvalue weighted by atomic mass is 32.2. The zero-order chi connectivity index (χ0) is 14.8. The smallest absolute Gasteiger partial charge is 0.151 e. The van der Waals surface area contributed by atoms with E-state index in [0.29, 0.717) is 6.04 Å². The fourth-order valence-electron chi connectivity index (χ4n) is 3.88. The van der Waals surface area contributed by atoms with Crippen molar-refractivity contribution < 1.29 is 8.42 Å². The van der Waals surface area contributed by atoms with Gasteiger partial charge in [-0.2, -0.15) is 0 Å². The van der Waals surface area contributed by atoms with Crippen LogP contribution in [0.5, 0.6) is 0 Å². The van der Waals surface area contributed by atoms with E-state index >= 15 is 0 Å². The summed E-state index contributed by atoms with van der Waals surface area (Å²) in [6.45, 7) is 7.70. The first-order chi connectivity index (χ1) is 9.39. The molecular formula is C15H30N2O2S. The SMILES string of the molecule is CC(C)N(CC1CCNCC1)C1CCCC1S(C)(=O)=O. The topological polar surface area (TPSA) is 49.4 Å². The fraction of sp³-hybridized carbons (Fsp3) is 1.00. The van der Waals surface area contributed by atoms with E-state index in [0.717, 1.165) is 44.8 Å². The molecule has 5 heteroatoms. The molecule has 20 heavy (non-hydrogen) atoms. The number of piperidine rings is 1. The molecule has 4 nitrogen and oxygen atoms in total. The number of nitrogens with zero attached hydrogens (tertiary/aromatic N) is 1. The largest absolute Gasteiger partial charge is 0.317 e. The van der Waals surface area contributed by atoms with Gasteiger partial charge in [0.15, 0.2) is 9.84 Å². The molecule has 0 spiro atoms. The molecule has 1 heterocycles. The molecule has 0 aromatic rings. The van der Waals surface area contributed by atoms with Gasteiger partial charge in [0.2, 0.25) is 0 Å². The average Bonchev–Trinajstić information content (AvgIpc) is 2.85. The quantitative estimate of drug-likeness (QED) is 0.839. The Kier molecular flexibility index (Phi) is 5.49. The van der Waals surface area contributed by atoms with Crippen molar-refractivity contribution in [3.05, 3.63) is 0 Å².